The van der Waals surface area contributed by atoms with E-state index in [9.17, 15) is 29.4 Å². The van der Waals surface area contributed by atoms with E-state index in [-0.39, 0.29) is 12.8 Å². The van der Waals surface area contributed by atoms with Crippen molar-refractivity contribution in [2.75, 3.05) is 11.9 Å². The Morgan fingerprint density at radius 3 is 2.59 bits per heavy atom. The first kappa shape index (κ1) is 20.3. The van der Waals surface area contributed by atoms with Crippen LogP contribution in [0.4, 0.5) is 5.69 Å². The minimum atomic E-state index is -1.16. The number of H-pyrrole nitrogens is 1. The molecule has 1 aliphatic heterocycles. The second kappa shape index (κ2) is 8.31. The third-order valence-electron chi connectivity index (χ3n) is 5.00. The van der Waals surface area contributed by atoms with Crippen LogP contribution in [0.15, 0.2) is 24.4 Å². The maximum atomic E-state index is 12.0. The van der Waals surface area contributed by atoms with Crippen molar-refractivity contribution in [1.82, 2.24) is 9.88 Å². The molecule has 1 aliphatic rings. The number of carboxylic acid groups (broad SMARTS) is 3. The highest BCUT2D eigenvalue weighted by molar-refractivity contribution is 5.97. The van der Waals surface area contributed by atoms with Crippen LogP contribution in [-0.4, -0.2) is 61.6 Å². The summed E-state index contributed by atoms with van der Waals surface area (Å²) in [4.78, 5) is 50.5. The number of likely N-dealkylation sites (tertiary alicyclic amines) is 1. The summed E-state index contributed by atoms with van der Waals surface area (Å²) in [6.45, 7) is 0.353. The Morgan fingerprint density at radius 1 is 1.17 bits per heavy atom. The lowest BCUT2D eigenvalue weighted by Crippen LogP contribution is -2.41. The molecule has 5 N–H and O–H groups in total. The summed E-state index contributed by atoms with van der Waals surface area (Å²) in [5.41, 5.74) is 1.44. The van der Waals surface area contributed by atoms with Gasteiger partial charge < -0.3 is 25.6 Å². The number of aromatic amines is 1. The summed E-state index contributed by atoms with van der Waals surface area (Å²) in [5, 5.41) is 31.1. The Bertz CT molecular complexity index is 968. The van der Waals surface area contributed by atoms with Crippen LogP contribution in [0.25, 0.3) is 10.9 Å². The van der Waals surface area contributed by atoms with E-state index in [2.05, 4.69) is 10.3 Å². The van der Waals surface area contributed by atoms with Crippen molar-refractivity contribution in [1.29, 1.82) is 0 Å². The minimum Gasteiger partial charge on any atom is -0.481 e. The number of benzene rings is 1. The van der Waals surface area contributed by atoms with Crippen LogP contribution >= 0.6 is 0 Å². The van der Waals surface area contributed by atoms with E-state index in [1.54, 1.807) is 18.2 Å². The summed E-state index contributed by atoms with van der Waals surface area (Å²) in [7, 11) is 0. The Morgan fingerprint density at radius 2 is 1.93 bits per heavy atom. The fourth-order valence-electron chi connectivity index (χ4n) is 3.71. The van der Waals surface area contributed by atoms with Gasteiger partial charge in [-0.3, -0.25) is 24.1 Å². The van der Waals surface area contributed by atoms with E-state index < -0.39 is 35.9 Å². The number of carbonyl (C=O) groups is 4. The molecule has 1 unspecified atom stereocenters. The number of carboxylic acids is 3. The van der Waals surface area contributed by atoms with Gasteiger partial charge in [0.2, 0.25) is 5.91 Å². The van der Waals surface area contributed by atoms with Gasteiger partial charge in [0.05, 0.1) is 6.42 Å². The molecule has 1 aromatic carbocycles. The summed E-state index contributed by atoms with van der Waals surface area (Å²) in [6, 6.07) is 2.86. The summed E-state index contributed by atoms with van der Waals surface area (Å²) in [5.74, 6) is -3.76. The second-order valence-corrected chi connectivity index (χ2v) is 6.92. The Labute approximate surface area is 165 Å². The Kier molecular flexibility index (Phi) is 5.83. The maximum absolute atomic E-state index is 12.0. The average molecular weight is 403 g/mol. The zero-order chi connectivity index (χ0) is 21.1. The first-order valence-corrected chi connectivity index (χ1v) is 9.12. The molecular formula is C19H21N3O7. The molecule has 1 fully saturated rings. The summed E-state index contributed by atoms with van der Waals surface area (Å²) < 4.78 is 0. The van der Waals surface area contributed by atoms with Gasteiger partial charge >= 0.3 is 17.9 Å². The first-order valence-electron chi connectivity index (χ1n) is 9.12. The molecule has 10 heteroatoms. The normalized spacial score (nSPS) is 17.9. The van der Waals surface area contributed by atoms with Gasteiger partial charge in [-0.2, -0.15) is 0 Å². The molecular weight excluding hydrogens is 382 g/mol. The SMILES string of the molecule is O=C(O)CCC(=O)Nc1ccc2[nH]cc(C(C(=O)O)N3CCC[C@H]3C(=O)O)c2c1. The number of aliphatic carboxylic acids is 3. The van der Waals surface area contributed by atoms with E-state index in [1.165, 1.54) is 11.1 Å². The minimum absolute atomic E-state index is 0.181. The topological polar surface area (TPSA) is 160 Å². The number of amides is 1. The van der Waals surface area contributed by atoms with Gasteiger partial charge in [0.25, 0.3) is 0 Å². The molecule has 29 heavy (non-hydrogen) atoms. The molecule has 2 aromatic rings. The fourth-order valence-corrected chi connectivity index (χ4v) is 3.71. The number of fused-ring (bicyclic) bond motifs is 1. The van der Waals surface area contributed by atoms with E-state index in [0.717, 1.165) is 0 Å². The molecule has 2 heterocycles. The first-order chi connectivity index (χ1) is 13.8. The number of carbonyl (C=O) groups excluding carboxylic acids is 1. The zero-order valence-corrected chi connectivity index (χ0v) is 15.4. The molecule has 0 radical (unpaired) electrons. The molecule has 0 saturated carbocycles. The Balaban J connectivity index is 1.91. The van der Waals surface area contributed by atoms with Gasteiger partial charge in [-0.25, -0.2) is 0 Å². The number of rotatable bonds is 8. The molecule has 1 aromatic heterocycles. The lowest BCUT2D eigenvalue weighted by atomic mass is 10.0. The predicted octanol–water partition coefficient (Wildman–Crippen LogP) is 1.65. The smallest absolute Gasteiger partial charge is 0.325 e. The third-order valence-corrected chi connectivity index (χ3v) is 5.00. The van der Waals surface area contributed by atoms with Gasteiger partial charge in [0.15, 0.2) is 0 Å². The van der Waals surface area contributed by atoms with Gasteiger partial charge in [-0.05, 0) is 31.0 Å². The van der Waals surface area contributed by atoms with Crippen molar-refractivity contribution < 1.29 is 34.5 Å². The number of anilines is 1. The molecule has 1 saturated heterocycles. The quantitative estimate of drug-likeness (QED) is 0.445. The van der Waals surface area contributed by atoms with Crippen molar-refractivity contribution in [3.63, 3.8) is 0 Å². The van der Waals surface area contributed by atoms with E-state index in [1.807, 2.05) is 0 Å². The van der Waals surface area contributed by atoms with E-state index >= 15 is 0 Å². The van der Waals surface area contributed by atoms with Crippen molar-refractivity contribution in [2.45, 2.75) is 37.8 Å². The van der Waals surface area contributed by atoms with Crippen molar-refractivity contribution in [2.24, 2.45) is 0 Å². The van der Waals surface area contributed by atoms with Gasteiger partial charge in [0.1, 0.15) is 12.1 Å². The summed E-state index contributed by atoms with van der Waals surface area (Å²) >= 11 is 0. The van der Waals surface area contributed by atoms with Crippen molar-refractivity contribution in [3.05, 3.63) is 30.0 Å². The molecule has 0 bridgehead atoms. The standard InChI is InChI=1S/C19H21N3O7/c23-15(5-6-16(24)25)21-10-3-4-13-11(8-10)12(9-20-13)17(19(28)29)22-7-1-2-14(22)18(26)27/h3-4,8-9,14,17,20H,1-2,5-7H2,(H,21,23)(H,24,25)(H,26,27)(H,28,29)/t14-,17?/m0/s1. The van der Waals surface area contributed by atoms with Crippen LogP contribution in [0, 0.1) is 0 Å². The van der Waals surface area contributed by atoms with Crippen LogP contribution in [0.5, 0.6) is 0 Å². The van der Waals surface area contributed by atoms with E-state index in [0.29, 0.717) is 41.5 Å². The Hall–Kier alpha value is -3.40. The molecule has 2 atom stereocenters. The largest absolute Gasteiger partial charge is 0.481 e. The van der Waals surface area contributed by atoms with Gasteiger partial charge in [-0.1, -0.05) is 0 Å². The zero-order valence-electron chi connectivity index (χ0n) is 15.4. The number of nitrogens with one attached hydrogen (secondary N) is 2. The number of hydrogen-bond acceptors (Lipinski definition) is 5. The second-order valence-electron chi connectivity index (χ2n) is 6.92. The lowest BCUT2D eigenvalue weighted by molar-refractivity contribution is -0.149. The maximum Gasteiger partial charge on any atom is 0.325 e. The van der Waals surface area contributed by atoms with Gasteiger partial charge in [0, 0.05) is 41.3 Å². The predicted molar refractivity (Wildman–Crippen MR) is 102 cm³/mol. The lowest BCUT2D eigenvalue weighted by Gasteiger charge is -2.27. The van der Waals surface area contributed by atoms with Crippen LogP contribution < -0.4 is 5.32 Å². The highest BCUT2D eigenvalue weighted by Gasteiger charge is 2.40. The third kappa shape index (κ3) is 4.37. The van der Waals surface area contributed by atoms with Gasteiger partial charge in [-0.15, -0.1) is 0 Å². The number of nitrogens with zero attached hydrogens (tertiary/aromatic N) is 1. The summed E-state index contributed by atoms with van der Waals surface area (Å²) in [6.07, 6.45) is 2.03. The molecule has 0 spiro atoms. The highest BCUT2D eigenvalue weighted by Crippen LogP contribution is 2.35. The average Bonchev–Trinajstić information content (AvgIpc) is 3.28. The molecule has 0 aliphatic carbocycles. The number of aromatic nitrogens is 1. The van der Waals surface area contributed by atoms with Crippen molar-refractivity contribution in [3.8, 4) is 0 Å². The monoisotopic (exact) mass is 403 g/mol. The van der Waals surface area contributed by atoms with Crippen LogP contribution in [0.3, 0.4) is 0 Å². The van der Waals surface area contributed by atoms with Crippen LogP contribution in [0.1, 0.15) is 37.3 Å². The fraction of sp³-hybridized carbons (Fsp3) is 0.368. The van der Waals surface area contributed by atoms with Crippen molar-refractivity contribution >= 4 is 40.4 Å². The van der Waals surface area contributed by atoms with Crippen LogP contribution in [-0.2, 0) is 19.2 Å². The molecule has 10 nitrogen and oxygen atoms in total. The molecule has 154 valence electrons. The van der Waals surface area contributed by atoms with E-state index in [4.69, 9.17) is 5.11 Å². The highest BCUT2D eigenvalue weighted by atomic mass is 16.4. The van der Waals surface area contributed by atoms with Crippen LogP contribution in [0.2, 0.25) is 0 Å². The molecule has 3 rings (SSSR count). The molecule has 1 amide bonds. The number of hydrogen-bond donors (Lipinski definition) is 5.